The molecule has 0 amide bonds. The van der Waals surface area contributed by atoms with Crippen LogP contribution >= 0.6 is 0 Å². The van der Waals surface area contributed by atoms with Crippen LogP contribution in [-0.2, 0) is 47.7 Å². The van der Waals surface area contributed by atoms with Crippen LogP contribution < -0.4 is 0 Å². The molecular weight excluding hydrogens is 368 g/mol. The van der Waals surface area contributed by atoms with Gasteiger partial charge in [0.05, 0.1) is 0 Å². The zero-order valence-electron chi connectivity index (χ0n) is 15.5. The second-order valence-corrected chi connectivity index (χ2v) is 5.89. The van der Waals surface area contributed by atoms with E-state index in [1.165, 1.54) is 0 Å². The van der Waals surface area contributed by atoms with E-state index in [9.17, 15) is 29.1 Å². The van der Waals surface area contributed by atoms with E-state index >= 15 is 0 Å². The van der Waals surface area contributed by atoms with Gasteiger partial charge in [-0.15, -0.1) is 0 Å². The summed E-state index contributed by atoms with van der Waals surface area (Å²) in [5, 5.41) is 10.7. The van der Waals surface area contributed by atoms with Gasteiger partial charge in [-0.2, -0.15) is 0 Å². The van der Waals surface area contributed by atoms with Crippen molar-refractivity contribution < 1.29 is 52.8 Å². The standard InChI is InChI=1S/C16H22O11/c1-7(17)16(22)15(26-11(5)21)14(25-10(4)20)13(24-9(3)19)12(27-16)6-23-8(2)18/h12-15,22H,6H2,1-5H3/t12-,13-,14+,15-,16?/m1/s1. The van der Waals surface area contributed by atoms with E-state index in [2.05, 4.69) is 0 Å². The molecule has 152 valence electrons. The average molecular weight is 390 g/mol. The van der Waals surface area contributed by atoms with E-state index in [1.54, 1.807) is 0 Å². The van der Waals surface area contributed by atoms with E-state index in [-0.39, 0.29) is 0 Å². The highest BCUT2D eigenvalue weighted by molar-refractivity contribution is 5.85. The van der Waals surface area contributed by atoms with Crippen LogP contribution in [0.15, 0.2) is 0 Å². The van der Waals surface area contributed by atoms with Gasteiger partial charge in [0.25, 0.3) is 5.79 Å². The largest absolute Gasteiger partial charge is 0.463 e. The predicted octanol–water partition coefficient (Wildman–Crippen LogP) is -0.979. The third-order valence-electron chi connectivity index (χ3n) is 3.56. The average Bonchev–Trinajstić information content (AvgIpc) is 2.50. The molecule has 5 atom stereocenters. The molecule has 1 heterocycles. The molecule has 1 N–H and O–H groups in total. The maximum atomic E-state index is 12.0. The smallest absolute Gasteiger partial charge is 0.303 e. The number of hydrogen-bond acceptors (Lipinski definition) is 11. The van der Waals surface area contributed by atoms with E-state index in [1.807, 2.05) is 0 Å². The van der Waals surface area contributed by atoms with Crippen LogP contribution in [0.25, 0.3) is 0 Å². The Hall–Kier alpha value is -2.53. The summed E-state index contributed by atoms with van der Waals surface area (Å²) in [4.78, 5) is 57.6. The van der Waals surface area contributed by atoms with Gasteiger partial charge < -0.3 is 28.8 Å². The molecule has 0 bridgehead atoms. The maximum absolute atomic E-state index is 12.0. The fourth-order valence-electron chi connectivity index (χ4n) is 2.56. The molecule has 11 nitrogen and oxygen atoms in total. The Morgan fingerprint density at radius 2 is 1.30 bits per heavy atom. The fourth-order valence-corrected chi connectivity index (χ4v) is 2.56. The number of esters is 4. The zero-order valence-corrected chi connectivity index (χ0v) is 15.5. The zero-order chi connectivity index (χ0) is 20.9. The fraction of sp³-hybridized carbons (Fsp3) is 0.688. The molecule has 0 aromatic carbocycles. The molecule has 0 aromatic rings. The molecule has 0 spiro atoms. The summed E-state index contributed by atoms with van der Waals surface area (Å²) in [6.07, 6.45) is -6.24. The highest BCUT2D eigenvalue weighted by Gasteiger charge is 2.61. The molecule has 0 aromatic heterocycles. The Morgan fingerprint density at radius 1 is 0.815 bits per heavy atom. The first kappa shape index (κ1) is 22.5. The number of rotatable bonds is 6. The molecule has 1 rings (SSSR count). The number of hydrogen-bond donors (Lipinski definition) is 1. The summed E-state index contributed by atoms with van der Waals surface area (Å²) in [6, 6.07) is 0. The van der Waals surface area contributed by atoms with Crippen LogP contribution in [0.5, 0.6) is 0 Å². The molecule has 0 radical (unpaired) electrons. The van der Waals surface area contributed by atoms with Crippen molar-refractivity contribution in [2.24, 2.45) is 0 Å². The first-order valence-electron chi connectivity index (χ1n) is 7.94. The monoisotopic (exact) mass is 390 g/mol. The van der Waals surface area contributed by atoms with Gasteiger partial charge in [0.1, 0.15) is 12.7 Å². The van der Waals surface area contributed by atoms with Crippen molar-refractivity contribution in [3.63, 3.8) is 0 Å². The lowest BCUT2D eigenvalue weighted by Gasteiger charge is -2.47. The Morgan fingerprint density at radius 3 is 1.70 bits per heavy atom. The summed E-state index contributed by atoms with van der Waals surface area (Å²) < 4.78 is 25.2. The molecular formula is C16H22O11. The van der Waals surface area contributed by atoms with Gasteiger partial charge in [-0.3, -0.25) is 24.0 Å². The van der Waals surface area contributed by atoms with Crippen molar-refractivity contribution in [3.8, 4) is 0 Å². The molecule has 1 fully saturated rings. The van der Waals surface area contributed by atoms with Crippen molar-refractivity contribution in [3.05, 3.63) is 0 Å². The second kappa shape index (κ2) is 8.91. The Kier molecular flexibility index (Phi) is 7.43. The molecule has 1 aliphatic heterocycles. The molecule has 0 aliphatic carbocycles. The van der Waals surface area contributed by atoms with Gasteiger partial charge in [0.15, 0.2) is 18.0 Å². The van der Waals surface area contributed by atoms with Crippen molar-refractivity contribution >= 4 is 29.7 Å². The van der Waals surface area contributed by atoms with Crippen molar-refractivity contribution in [2.75, 3.05) is 6.61 Å². The Labute approximate surface area is 154 Å². The van der Waals surface area contributed by atoms with Gasteiger partial charge in [0.2, 0.25) is 6.10 Å². The first-order valence-corrected chi connectivity index (χ1v) is 7.94. The Bertz CT molecular complexity index is 628. The van der Waals surface area contributed by atoms with Crippen molar-refractivity contribution in [1.82, 2.24) is 0 Å². The predicted molar refractivity (Wildman–Crippen MR) is 83.8 cm³/mol. The van der Waals surface area contributed by atoms with Crippen LogP contribution in [0.4, 0.5) is 0 Å². The molecule has 1 aliphatic rings. The van der Waals surface area contributed by atoms with Gasteiger partial charge in [-0.1, -0.05) is 0 Å². The van der Waals surface area contributed by atoms with Gasteiger partial charge in [0, 0.05) is 34.6 Å². The summed E-state index contributed by atoms with van der Waals surface area (Å²) >= 11 is 0. The van der Waals surface area contributed by atoms with Gasteiger partial charge in [-0.25, -0.2) is 0 Å². The highest BCUT2D eigenvalue weighted by atomic mass is 16.7. The lowest BCUT2D eigenvalue weighted by Crippen LogP contribution is -2.70. The number of carbonyl (C=O) groups excluding carboxylic acids is 5. The molecule has 11 heteroatoms. The van der Waals surface area contributed by atoms with Crippen molar-refractivity contribution in [1.29, 1.82) is 0 Å². The third kappa shape index (κ3) is 5.73. The minimum Gasteiger partial charge on any atom is -0.463 e. The number of ether oxygens (including phenoxy) is 5. The highest BCUT2D eigenvalue weighted by Crippen LogP contribution is 2.35. The molecule has 27 heavy (non-hydrogen) atoms. The third-order valence-corrected chi connectivity index (χ3v) is 3.56. The van der Waals surface area contributed by atoms with E-state index in [0.29, 0.717) is 0 Å². The van der Waals surface area contributed by atoms with Gasteiger partial charge >= 0.3 is 23.9 Å². The molecule has 1 saturated heterocycles. The minimum absolute atomic E-state index is 0.534. The normalized spacial score (nSPS) is 30.0. The lowest BCUT2D eigenvalue weighted by atomic mass is 9.89. The second-order valence-electron chi connectivity index (χ2n) is 5.89. The maximum Gasteiger partial charge on any atom is 0.303 e. The number of carbonyl (C=O) groups is 5. The van der Waals surface area contributed by atoms with Crippen molar-refractivity contribution in [2.45, 2.75) is 64.8 Å². The van der Waals surface area contributed by atoms with E-state index in [0.717, 1.165) is 34.6 Å². The van der Waals surface area contributed by atoms with Crippen LogP contribution in [-0.4, -0.2) is 71.6 Å². The van der Waals surface area contributed by atoms with Crippen LogP contribution in [0.2, 0.25) is 0 Å². The lowest BCUT2D eigenvalue weighted by molar-refractivity contribution is -0.334. The summed E-state index contributed by atoms with van der Waals surface area (Å²) in [5.41, 5.74) is 0. The Balaban J connectivity index is 3.43. The number of aliphatic hydroxyl groups is 1. The molecule has 0 saturated carbocycles. The summed E-state index contributed by atoms with van der Waals surface area (Å²) in [6.45, 7) is 4.60. The SMILES string of the molecule is CC(=O)OC[C@H]1OC(O)(C(C)=O)[C@H](OC(C)=O)[C@@H](OC(C)=O)[C@@H]1OC(C)=O. The van der Waals surface area contributed by atoms with E-state index < -0.39 is 66.5 Å². The number of ketones is 1. The summed E-state index contributed by atoms with van der Waals surface area (Å²) in [5.74, 6) is -7.01. The quantitative estimate of drug-likeness (QED) is 0.440. The van der Waals surface area contributed by atoms with Crippen LogP contribution in [0.1, 0.15) is 34.6 Å². The van der Waals surface area contributed by atoms with Crippen LogP contribution in [0, 0.1) is 0 Å². The minimum atomic E-state index is -2.73. The van der Waals surface area contributed by atoms with Crippen LogP contribution in [0.3, 0.4) is 0 Å². The first-order chi connectivity index (χ1) is 12.4. The van der Waals surface area contributed by atoms with Gasteiger partial charge in [-0.05, 0) is 0 Å². The topological polar surface area (TPSA) is 152 Å². The summed E-state index contributed by atoms with van der Waals surface area (Å²) in [7, 11) is 0. The van der Waals surface area contributed by atoms with E-state index in [4.69, 9.17) is 23.7 Å². The molecule has 1 unspecified atom stereocenters. The number of Topliss-reactive ketones (excluding diaryl/α,β-unsaturated/α-hetero) is 1.